The summed E-state index contributed by atoms with van der Waals surface area (Å²) >= 11 is 0. The Bertz CT molecular complexity index is 583. The van der Waals surface area contributed by atoms with Crippen molar-refractivity contribution in [3.63, 3.8) is 0 Å². The molecule has 0 radical (unpaired) electrons. The summed E-state index contributed by atoms with van der Waals surface area (Å²) in [5, 5.41) is 3.45. The van der Waals surface area contributed by atoms with Crippen LogP contribution in [0.15, 0.2) is 30.3 Å². The molecule has 1 spiro atoms. The summed E-state index contributed by atoms with van der Waals surface area (Å²) in [6.45, 7) is 2.13. The van der Waals surface area contributed by atoms with E-state index in [0.29, 0.717) is 0 Å². The van der Waals surface area contributed by atoms with E-state index in [0.717, 1.165) is 58.0 Å². The molecule has 4 rings (SSSR count). The highest BCUT2D eigenvalue weighted by molar-refractivity contribution is 5.83. The van der Waals surface area contributed by atoms with Gasteiger partial charge in [0, 0.05) is 5.41 Å². The fourth-order valence-electron chi connectivity index (χ4n) is 5.29. The molecule has 2 saturated carbocycles. The molecule has 1 aromatic carbocycles. The van der Waals surface area contributed by atoms with Crippen molar-refractivity contribution < 1.29 is 9.53 Å². The lowest BCUT2D eigenvalue weighted by atomic mass is 9.61. The maximum absolute atomic E-state index is 13.5. The van der Waals surface area contributed by atoms with E-state index < -0.39 is 5.41 Å². The summed E-state index contributed by atoms with van der Waals surface area (Å²) in [5.74, 6) is 0.0585. The summed E-state index contributed by atoms with van der Waals surface area (Å²) in [5.41, 5.74) is 1.02. The minimum absolute atomic E-state index is 0.0585. The third-order valence-corrected chi connectivity index (χ3v) is 7.11. The minimum atomic E-state index is -0.415. The summed E-state index contributed by atoms with van der Waals surface area (Å²) in [7, 11) is 0. The zero-order valence-corrected chi connectivity index (χ0v) is 15.3. The molecule has 136 valence electrons. The summed E-state index contributed by atoms with van der Waals surface area (Å²) in [6.07, 6.45) is 11.4. The van der Waals surface area contributed by atoms with Gasteiger partial charge in [0.25, 0.3) is 0 Å². The molecule has 25 heavy (non-hydrogen) atoms. The second kappa shape index (κ2) is 7.11. The van der Waals surface area contributed by atoms with Crippen molar-refractivity contribution in [2.24, 2.45) is 5.41 Å². The highest BCUT2D eigenvalue weighted by Gasteiger charge is 2.52. The first-order valence-corrected chi connectivity index (χ1v) is 10.2. The second-order valence-corrected chi connectivity index (χ2v) is 8.41. The van der Waals surface area contributed by atoms with E-state index in [2.05, 4.69) is 29.6 Å². The van der Waals surface area contributed by atoms with Crippen LogP contribution >= 0.6 is 0 Å². The van der Waals surface area contributed by atoms with Crippen LogP contribution < -0.4 is 5.32 Å². The normalized spacial score (nSPS) is 27.9. The van der Waals surface area contributed by atoms with Crippen LogP contribution in [-0.2, 0) is 14.9 Å². The number of carbonyl (C=O) groups is 1. The van der Waals surface area contributed by atoms with Crippen molar-refractivity contribution in [1.82, 2.24) is 5.32 Å². The monoisotopic (exact) mass is 341 g/mol. The molecule has 0 aromatic heterocycles. The molecule has 1 aromatic rings. The van der Waals surface area contributed by atoms with E-state index in [1.165, 1.54) is 24.8 Å². The predicted octanol–water partition coefficient (Wildman–Crippen LogP) is 4.35. The van der Waals surface area contributed by atoms with Gasteiger partial charge in [-0.1, -0.05) is 56.0 Å². The molecule has 3 fully saturated rings. The molecule has 1 heterocycles. The van der Waals surface area contributed by atoms with Crippen LogP contribution in [0, 0.1) is 5.41 Å². The number of hydrogen-bond acceptors (Lipinski definition) is 3. The Morgan fingerprint density at radius 2 is 1.60 bits per heavy atom. The first-order chi connectivity index (χ1) is 12.3. The van der Waals surface area contributed by atoms with E-state index in [1.54, 1.807) is 0 Å². The maximum atomic E-state index is 13.5. The van der Waals surface area contributed by atoms with Crippen molar-refractivity contribution in [3.8, 4) is 0 Å². The van der Waals surface area contributed by atoms with E-state index in [9.17, 15) is 4.79 Å². The molecular formula is C22H31NO2. The van der Waals surface area contributed by atoms with Gasteiger partial charge >= 0.3 is 5.97 Å². The number of benzene rings is 1. The fraction of sp³-hybridized carbons (Fsp3) is 0.682. The van der Waals surface area contributed by atoms with Gasteiger partial charge in [0.1, 0.15) is 6.10 Å². The molecule has 3 heteroatoms. The first kappa shape index (κ1) is 17.1. The molecule has 3 nitrogen and oxygen atoms in total. The van der Waals surface area contributed by atoms with E-state index in [-0.39, 0.29) is 17.5 Å². The zero-order valence-electron chi connectivity index (χ0n) is 15.3. The number of hydrogen-bond donors (Lipinski definition) is 1. The van der Waals surface area contributed by atoms with Crippen LogP contribution in [0.3, 0.4) is 0 Å². The van der Waals surface area contributed by atoms with Crippen molar-refractivity contribution in [2.75, 3.05) is 13.1 Å². The Labute approximate surface area is 151 Å². The summed E-state index contributed by atoms with van der Waals surface area (Å²) in [6, 6.07) is 10.4. The van der Waals surface area contributed by atoms with E-state index >= 15 is 0 Å². The van der Waals surface area contributed by atoms with Gasteiger partial charge < -0.3 is 10.1 Å². The standard InChI is InChI=1S/C22H31NO2/c24-20(25-19-10-13-21(19)14-16-23-17-15-21)22(11-6-1-2-7-12-22)18-8-4-3-5-9-18/h3-5,8-9,19,23H,1-2,6-7,10-17H2. The van der Waals surface area contributed by atoms with Crippen LogP contribution in [-0.4, -0.2) is 25.2 Å². The number of nitrogens with one attached hydrogen (secondary N) is 1. The largest absolute Gasteiger partial charge is 0.461 e. The van der Waals surface area contributed by atoms with Gasteiger partial charge in [-0.15, -0.1) is 0 Å². The Hall–Kier alpha value is -1.35. The van der Waals surface area contributed by atoms with Crippen molar-refractivity contribution >= 4 is 5.97 Å². The number of ether oxygens (including phenoxy) is 1. The second-order valence-electron chi connectivity index (χ2n) is 8.41. The molecule has 3 aliphatic rings. The molecule has 0 bridgehead atoms. The molecule has 1 aliphatic heterocycles. The molecule has 2 aliphatic carbocycles. The van der Waals surface area contributed by atoms with Gasteiger partial charge in [0.2, 0.25) is 0 Å². The highest BCUT2D eigenvalue weighted by Crippen LogP contribution is 2.51. The molecular weight excluding hydrogens is 310 g/mol. The van der Waals surface area contributed by atoms with Gasteiger partial charge in [-0.25, -0.2) is 0 Å². The Morgan fingerprint density at radius 1 is 0.920 bits per heavy atom. The molecule has 1 N–H and O–H groups in total. The van der Waals surface area contributed by atoms with Crippen LogP contribution in [0.25, 0.3) is 0 Å². The maximum Gasteiger partial charge on any atom is 0.316 e. The first-order valence-electron chi connectivity index (χ1n) is 10.2. The van der Waals surface area contributed by atoms with E-state index in [1.807, 2.05) is 6.07 Å². The smallest absolute Gasteiger partial charge is 0.316 e. The molecule has 1 atom stereocenters. The topological polar surface area (TPSA) is 38.3 Å². The average molecular weight is 341 g/mol. The Kier molecular flexibility index (Phi) is 4.86. The van der Waals surface area contributed by atoms with Gasteiger partial charge in [0.15, 0.2) is 0 Å². The number of esters is 1. The average Bonchev–Trinajstić information content (AvgIpc) is 2.93. The Morgan fingerprint density at radius 3 is 2.20 bits per heavy atom. The Balaban J connectivity index is 1.56. The lowest BCUT2D eigenvalue weighted by Crippen LogP contribution is -2.54. The van der Waals surface area contributed by atoms with Gasteiger partial charge in [-0.2, -0.15) is 0 Å². The van der Waals surface area contributed by atoms with Crippen LogP contribution in [0.1, 0.15) is 69.8 Å². The molecule has 1 unspecified atom stereocenters. The zero-order chi connectivity index (χ0) is 17.2. The number of carbonyl (C=O) groups excluding carboxylic acids is 1. The van der Waals surface area contributed by atoms with Gasteiger partial charge in [0.05, 0.1) is 5.41 Å². The van der Waals surface area contributed by atoms with Crippen LogP contribution in [0.2, 0.25) is 0 Å². The third-order valence-electron chi connectivity index (χ3n) is 7.11. The molecule has 0 amide bonds. The van der Waals surface area contributed by atoms with Crippen molar-refractivity contribution in [1.29, 1.82) is 0 Å². The lowest BCUT2D eigenvalue weighted by molar-refractivity contribution is -0.180. The number of piperidine rings is 1. The lowest BCUT2D eigenvalue weighted by Gasteiger charge is -2.52. The number of rotatable bonds is 3. The summed E-state index contributed by atoms with van der Waals surface area (Å²) < 4.78 is 6.27. The van der Waals surface area contributed by atoms with Gasteiger partial charge in [-0.3, -0.25) is 4.79 Å². The predicted molar refractivity (Wildman–Crippen MR) is 99.5 cm³/mol. The molecule has 1 saturated heterocycles. The van der Waals surface area contributed by atoms with Crippen molar-refractivity contribution in [3.05, 3.63) is 35.9 Å². The van der Waals surface area contributed by atoms with Gasteiger partial charge in [-0.05, 0) is 57.2 Å². The fourth-order valence-corrected chi connectivity index (χ4v) is 5.29. The quantitative estimate of drug-likeness (QED) is 0.656. The SMILES string of the molecule is O=C(OC1CCC12CCNCC2)C1(c2ccccc2)CCCCCC1. The van der Waals surface area contributed by atoms with Crippen molar-refractivity contribution in [2.45, 2.75) is 75.7 Å². The van der Waals surface area contributed by atoms with Crippen LogP contribution in [0.4, 0.5) is 0 Å². The minimum Gasteiger partial charge on any atom is -0.461 e. The highest BCUT2D eigenvalue weighted by atomic mass is 16.5. The van der Waals surface area contributed by atoms with E-state index in [4.69, 9.17) is 4.74 Å². The van der Waals surface area contributed by atoms with Crippen LogP contribution in [0.5, 0.6) is 0 Å². The summed E-state index contributed by atoms with van der Waals surface area (Å²) in [4.78, 5) is 13.5. The third kappa shape index (κ3) is 3.12.